The molecule has 1 aromatic heterocycles. The number of aromatic nitrogens is 3. The zero-order valence-electron chi connectivity index (χ0n) is 51.2. The summed E-state index contributed by atoms with van der Waals surface area (Å²) in [4.78, 5) is 132. The lowest BCUT2D eigenvalue weighted by Gasteiger charge is -2.50. The van der Waals surface area contributed by atoms with E-state index in [4.69, 9.17) is 20.1 Å². The van der Waals surface area contributed by atoms with Crippen LogP contribution in [0.1, 0.15) is 126 Å². The van der Waals surface area contributed by atoms with E-state index in [1.54, 1.807) is 0 Å². The number of hydrogen-bond acceptors (Lipinski definition) is 15. The number of nitrogens with one attached hydrogen (secondary N) is 3. The molecule has 10 N–H and O–H groups in total. The number of amides is 3. The number of urea groups is 1. The number of anilines is 2. The monoisotopic (exact) mass is 1250 g/mol. The molecule has 490 valence electrons. The highest BCUT2D eigenvalue weighted by Gasteiger charge is 3.01. The molecule has 7 heterocycles. The fourth-order valence-corrected chi connectivity index (χ4v) is 16.3. The lowest BCUT2D eigenvalue weighted by atomic mass is 10.0. The summed E-state index contributed by atoms with van der Waals surface area (Å²) in [5, 5.41) is 76.9. The Morgan fingerprint density at radius 3 is 1.58 bits per heavy atom. The number of piperazine rings is 1. The smallest absolute Gasteiger partial charge is 0.481 e. The normalized spacial score (nSPS) is 26.0. The van der Waals surface area contributed by atoms with Gasteiger partial charge < -0.3 is 61.5 Å². The molecule has 4 unspecified atom stereocenters. The number of carboxylic acid groups (broad SMARTS) is 7. The van der Waals surface area contributed by atoms with Crippen LogP contribution >= 0.6 is 0 Å². The molecule has 0 aliphatic carbocycles. The Morgan fingerprint density at radius 1 is 0.517 bits per heavy atom. The third kappa shape index (κ3) is 15.6. The molecule has 89 heavy (non-hydrogen) atoms. The first-order valence-corrected chi connectivity index (χ1v) is 31.9. The number of hydrogen-bond donors (Lipinski definition) is 10. The van der Waals surface area contributed by atoms with Crippen molar-refractivity contribution in [3.63, 3.8) is 0 Å². The molecule has 29 heteroatoms. The van der Waals surface area contributed by atoms with Crippen LogP contribution in [-0.2, 0) is 51.2 Å². The predicted molar refractivity (Wildman–Crippen MR) is 319 cm³/mol. The number of rotatable bonds is 37. The number of carbonyl (C=O) groups is 9. The van der Waals surface area contributed by atoms with E-state index >= 15 is 0 Å². The maximum atomic E-state index is 13.1. The molecule has 0 radical (unpaired) electrons. The first kappa shape index (κ1) is 67.6. The average Bonchev–Trinajstić information content (AvgIpc) is 1.44. The molecule has 29 nitrogen and oxygen atoms in total. The van der Waals surface area contributed by atoms with Crippen LogP contribution in [0.3, 0.4) is 0 Å². The largest absolute Gasteiger partial charge is 0.483 e. The summed E-state index contributed by atoms with van der Waals surface area (Å²) in [6, 6.07) is 3.88. The van der Waals surface area contributed by atoms with Crippen LogP contribution in [0.5, 0.6) is 0 Å². The van der Waals surface area contributed by atoms with Crippen molar-refractivity contribution >= 4 is 65.6 Å². The van der Waals surface area contributed by atoms with Gasteiger partial charge in [-0.3, -0.25) is 14.5 Å². The SMILES string of the molecule is O=C(O)CC[C@H](NC(=O)N[C@@H](CCCCNC(=O)CCCCCCCCCCN1CCN(c2nc(Cc3ccc(CC4C[N@@+]5(CC(=O)O)CC[N+]6(CC(=O)O)CC[N+]7(CC(=O)O)CC[N+]4(CC(=O)O)[C@@]765)cc3)nc(N3CCCCC3)n2)CC1)C(=O)O)C(=O)O. The van der Waals surface area contributed by atoms with Crippen molar-refractivity contribution < 1.29 is 96.8 Å². The molecule has 6 saturated heterocycles. The quantitative estimate of drug-likeness (QED) is 0.0339. The van der Waals surface area contributed by atoms with Crippen LogP contribution in [0.4, 0.5) is 16.7 Å². The zero-order chi connectivity index (χ0) is 64.0. The number of unbranched alkanes of at least 4 members (excludes halogenated alkanes) is 8. The summed E-state index contributed by atoms with van der Waals surface area (Å²) in [6.45, 7) is 7.21. The van der Waals surface area contributed by atoms with Gasteiger partial charge in [-0.1, -0.05) is 62.8 Å². The molecule has 6 aliphatic heterocycles. The van der Waals surface area contributed by atoms with Gasteiger partial charge in [-0.2, -0.15) is 15.0 Å². The van der Waals surface area contributed by atoms with Crippen LogP contribution in [0.2, 0.25) is 0 Å². The molecule has 3 amide bonds. The van der Waals surface area contributed by atoms with E-state index in [1.165, 1.54) is 0 Å². The van der Waals surface area contributed by atoms with Crippen molar-refractivity contribution in [2.75, 3.05) is 134 Å². The van der Waals surface area contributed by atoms with E-state index in [9.17, 15) is 73.8 Å². The molecule has 1 aromatic carbocycles. The Labute approximate surface area is 518 Å². The molecule has 6 aliphatic rings. The topological polar surface area (TPSA) is 380 Å². The lowest BCUT2D eigenvalue weighted by molar-refractivity contribution is -1.36. The standard InChI is InChI=1S/C60H89N13O16/c74-49(61-22-10-9-14-46(55(85)86)62-59(89)63-47(56(87)88)20-21-50(75)76)15-8-5-3-1-2-4-6-11-23-67-26-28-69(29-27-67)58-65-48(64-57(66-58)68-24-12-7-13-25-68)37-44-18-16-43(17-19-44)36-45-38-72(41-53(81)82)33-32-70(39-51(77)78)30-31-71(40-52(79)80)34-35-73(45,42-54(83)84)60(70,71)72/h16-19,45-47H,1-15,20-42H2,(H6-4,61,62,63,74,75,76,77,78,79,80,81,82,83,84,85,86,87,88,89)/p+4/t45?,46-,47-,60+,70?,71?,72+,73?/m0/s1. The van der Waals surface area contributed by atoms with Crippen molar-refractivity contribution in [3.05, 3.63) is 41.2 Å². The van der Waals surface area contributed by atoms with Crippen LogP contribution < -0.4 is 25.8 Å². The summed E-state index contributed by atoms with van der Waals surface area (Å²) < 4.78 is -0.198. The third-order valence-electron chi connectivity index (χ3n) is 19.9. The highest BCUT2D eigenvalue weighted by molar-refractivity contribution is 5.86. The molecule has 0 saturated carbocycles. The van der Waals surface area contributed by atoms with E-state index in [0.717, 1.165) is 128 Å². The summed E-state index contributed by atoms with van der Waals surface area (Å²) >= 11 is 0. The van der Waals surface area contributed by atoms with E-state index < -0.39 is 78.3 Å². The van der Waals surface area contributed by atoms with E-state index in [2.05, 4.69) is 30.7 Å². The first-order valence-electron chi connectivity index (χ1n) is 31.9. The third-order valence-corrected chi connectivity index (χ3v) is 19.9. The number of carboxylic acids is 7. The highest BCUT2D eigenvalue weighted by Crippen LogP contribution is 2.64. The van der Waals surface area contributed by atoms with Gasteiger partial charge in [0.2, 0.25) is 17.8 Å². The van der Waals surface area contributed by atoms with Gasteiger partial charge in [-0.25, -0.2) is 33.6 Å². The zero-order valence-corrected chi connectivity index (χ0v) is 51.2. The number of aliphatic carboxylic acids is 7. The molecule has 2 aromatic rings. The van der Waals surface area contributed by atoms with E-state index in [-0.39, 0.29) is 69.4 Å². The predicted octanol–water partition coefficient (Wildman–Crippen LogP) is 1.62. The number of benzene rings is 1. The Kier molecular flexibility index (Phi) is 22.8. The molecular formula is C60H93N13O16+4. The molecule has 0 bridgehead atoms. The molecule has 1 spiro atoms. The summed E-state index contributed by atoms with van der Waals surface area (Å²) in [7, 11) is 0. The fraction of sp³-hybridized carbons (Fsp3) is 0.700. The average molecular weight is 1250 g/mol. The molecule has 8 rings (SSSR count). The Hall–Kier alpha value is -7.34. The molecule has 8 atom stereocenters. The minimum atomic E-state index is -1.49. The lowest BCUT2D eigenvalue weighted by Crippen LogP contribution is -2.86. The van der Waals surface area contributed by atoms with Gasteiger partial charge in [0.05, 0.1) is 0 Å². The van der Waals surface area contributed by atoms with Crippen LogP contribution in [0.25, 0.3) is 0 Å². The van der Waals surface area contributed by atoms with E-state index in [0.29, 0.717) is 95.6 Å². The fourth-order valence-electron chi connectivity index (χ4n) is 16.3. The summed E-state index contributed by atoms with van der Waals surface area (Å²) in [5.74, 6) is -7.69. The van der Waals surface area contributed by atoms with Crippen molar-refractivity contribution in [1.82, 2.24) is 35.8 Å². The van der Waals surface area contributed by atoms with E-state index in [1.807, 2.05) is 24.3 Å². The van der Waals surface area contributed by atoms with Gasteiger partial charge in [0.1, 0.15) is 63.7 Å². The second kappa shape index (κ2) is 30.0. The van der Waals surface area contributed by atoms with Gasteiger partial charge in [0, 0.05) is 71.5 Å². The first-order chi connectivity index (χ1) is 42.5. The number of nitrogens with zero attached hydrogens (tertiary/aromatic N) is 10. The minimum Gasteiger partial charge on any atom is -0.481 e. The summed E-state index contributed by atoms with van der Waals surface area (Å²) in [5.41, 5.74) is 1.89. The van der Waals surface area contributed by atoms with Crippen LogP contribution in [0.15, 0.2) is 24.3 Å². The second-order valence-corrected chi connectivity index (χ2v) is 25.6. The van der Waals surface area contributed by atoms with Crippen LogP contribution in [0, 0.1) is 0 Å². The Morgan fingerprint density at radius 2 is 1.02 bits per heavy atom. The van der Waals surface area contributed by atoms with Crippen LogP contribution in [-0.4, -0.2) is 276 Å². The molecule has 6 fully saturated rings. The molecular weight excluding hydrogens is 1160 g/mol. The Bertz CT molecular complexity index is 2840. The van der Waals surface area contributed by atoms with Gasteiger partial charge in [0.15, 0.2) is 32.2 Å². The second-order valence-electron chi connectivity index (χ2n) is 25.6. The number of carbonyl (C=O) groups excluding carboxylic acids is 2. The van der Waals surface area contributed by atoms with Gasteiger partial charge in [-0.05, 0) is 75.5 Å². The van der Waals surface area contributed by atoms with Crippen molar-refractivity contribution in [3.8, 4) is 0 Å². The van der Waals surface area contributed by atoms with Crippen molar-refractivity contribution in [2.24, 2.45) is 0 Å². The van der Waals surface area contributed by atoms with Gasteiger partial charge in [-0.15, -0.1) is 17.9 Å². The summed E-state index contributed by atoms with van der Waals surface area (Å²) in [6.07, 6.45) is 13.0. The minimum absolute atomic E-state index is 0.0387. The maximum Gasteiger partial charge on any atom is 0.483 e. The number of quaternary nitrogens is 4. The van der Waals surface area contributed by atoms with Gasteiger partial charge in [0.25, 0.3) is 0 Å². The van der Waals surface area contributed by atoms with Crippen molar-refractivity contribution in [1.29, 1.82) is 0 Å². The Balaban J connectivity index is 0.769. The van der Waals surface area contributed by atoms with Gasteiger partial charge >= 0.3 is 53.7 Å². The maximum absolute atomic E-state index is 13.1. The number of piperidine rings is 1. The van der Waals surface area contributed by atoms with Crippen molar-refractivity contribution in [2.45, 2.75) is 146 Å². The highest BCUT2D eigenvalue weighted by atomic mass is 16.4.